The van der Waals surface area contributed by atoms with Gasteiger partial charge in [-0.2, -0.15) is 0 Å². The summed E-state index contributed by atoms with van der Waals surface area (Å²) in [7, 11) is 0. The molecule has 1 aliphatic rings. The maximum absolute atomic E-state index is 10.6. The van der Waals surface area contributed by atoms with Crippen molar-refractivity contribution in [1.82, 2.24) is 0 Å². The Bertz CT molecular complexity index is 149. The van der Waals surface area contributed by atoms with Crippen LogP contribution in [0.15, 0.2) is 12.2 Å². The van der Waals surface area contributed by atoms with Crippen LogP contribution in [0.2, 0.25) is 0 Å². The summed E-state index contributed by atoms with van der Waals surface area (Å²) in [4.78, 5) is 10.6. The lowest BCUT2D eigenvalue weighted by Crippen LogP contribution is -2.21. The molecule has 1 unspecified atom stereocenters. The van der Waals surface area contributed by atoms with Crippen LogP contribution < -0.4 is 0 Å². The summed E-state index contributed by atoms with van der Waals surface area (Å²) in [6.07, 6.45) is 3.07. The second-order valence-electron chi connectivity index (χ2n) is 2.50. The quantitative estimate of drug-likeness (QED) is 0.513. The van der Waals surface area contributed by atoms with Gasteiger partial charge in [-0.3, -0.25) is 4.79 Å². The summed E-state index contributed by atoms with van der Waals surface area (Å²) in [5.74, 6) is 0.218. The van der Waals surface area contributed by atoms with Crippen molar-refractivity contribution < 1.29 is 9.90 Å². The number of hydrogen-bond acceptors (Lipinski definition) is 2. The van der Waals surface area contributed by atoms with Crippen molar-refractivity contribution in [1.29, 1.82) is 0 Å². The number of carbonyl (C=O) groups is 1. The van der Waals surface area contributed by atoms with Crippen LogP contribution in [0.1, 0.15) is 13.3 Å². The van der Waals surface area contributed by atoms with Gasteiger partial charge >= 0.3 is 0 Å². The standard InChI is InChI=1S/C7H10O2/c1-5-4-6(8)2-3-7(5)9/h2-3,5,7,9H,4H2,1H3/t5?,7-/m1/s1. The van der Waals surface area contributed by atoms with Gasteiger partial charge in [0.05, 0.1) is 6.10 Å². The van der Waals surface area contributed by atoms with E-state index in [1.807, 2.05) is 6.92 Å². The second kappa shape index (κ2) is 2.31. The second-order valence-corrected chi connectivity index (χ2v) is 2.50. The molecule has 2 nitrogen and oxygen atoms in total. The number of ketones is 1. The van der Waals surface area contributed by atoms with Crippen molar-refractivity contribution in [2.24, 2.45) is 5.92 Å². The zero-order valence-corrected chi connectivity index (χ0v) is 5.37. The van der Waals surface area contributed by atoms with E-state index in [1.165, 1.54) is 6.08 Å². The van der Waals surface area contributed by atoms with Crippen LogP contribution in [0.25, 0.3) is 0 Å². The summed E-state index contributed by atoms with van der Waals surface area (Å²) in [6, 6.07) is 0. The van der Waals surface area contributed by atoms with E-state index < -0.39 is 6.10 Å². The molecule has 1 N–H and O–H groups in total. The van der Waals surface area contributed by atoms with Crippen molar-refractivity contribution in [2.75, 3.05) is 0 Å². The predicted octanol–water partition coefficient (Wildman–Crippen LogP) is 0.512. The van der Waals surface area contributed by atoms with Crippen molar-refractivity contribution >= 4 is 5.78 Å². The Morgan fingerprint density at radius 3 is 2.89 bits per heavy atom. The first-order chi connectivity index (χ1) is 4.20. The molecule has 1 rings (SSSR count). The van der Waals surface area contributed by atoms with Crippen molar-refractivity contribution in [3.05, 3.63) is 12.2 Å². The van der Waals surface area contributed by atoms with Gasteiger partial charge in [0.25, 0.3) is 0 Å². The molecular weight excluding hydrogens is 116 g/mol. The largest absolute Gasteiger partial charge is 0.389 e. The molecule has 9 heavy (non-hydrogen) atoms. The maximum Gasteiger partial charge on any atom is 0.155 e. The van der Waals surface area contributed by atoms with Crippen LogP contribution in [0.4, 0.5) is 0 Å². The fourth-order valence-corrected chi connectivity index (χ4v) is 0.902. The Morgan fingerprint density at radius 1 is 1.78 bits per heavy atom. The molecule has 0 aromatic carbocycles. The number of aliphatic hydroxyl groups is 1. The van der Waals surface area contributed by atoms with E-state index in [-0.39, 0.29) is 11.7 Å². The first kappa shape index (κ1) is 6.49. The summed E-state index contributed by atoms with van der Waals surface area (Å²) in [5.41, 5.74) is 0. The van der Waals surface area contributed by atoms with Crippen LogP contribution in [0.5, 0.6) is 0 Å². The Labute approximate surface area is 54.2 Å². The minimum absolute atomic E-state index is 0.0995. The van der Waals surface area contributed by atoms with E-state index in [2.05, 4.69) is 0 Å². The Kier molecular flexibility index (Phi) is 1.67. The third-order valence-corrected chi connectivity index (χ3v) is 1.59. The SMILES string of the molecule is CC1CC(=O)C=C[C@H]1O. The van der Waals surface area contributed by atoms with Crippen LogP contribution in [0.3, 0.4) is 0 Å². The minimum Gasteiger partial charge on any atom is -0.389 e. The predicted molar refractivity (Wildman–Crippen MR) is 33.9 cm³/mol. The Hall–Kier alpha value is -0.630. The Morgan fingerprint density at radius 2 is 2.44 bits per heavy atom. The van der Waals surface area contributed by atoms with E-state index in [0.717, 1.165) is 0 Å². The summed E-state index contributed by atoms with van der Waals surface area (Å²) < 4.78 is 0. The molecule has 0 radical (unpaired) electrons. The minimum atomic E-state index is -0.414. The Balaban J connectivity index is 2.65. The van der Waals surface area contributed by atoms with Crippen LogP contribution in [-0.2, 0) is 4.79 Å². The molecule has 50 valence electrons. The van der Waals surface area contributed by atoms with E-state index in [9.17, 15) is 4.79 Å². The normalized spacial score (nSPS) is 35.1. The fourth-order valence-electron chi connectivity index (χ4n) is 0.902. The van der Waals surface area contributed by atoms with Gasteiger partial charge in [0, 0.05) is 6.42 Å². The molecule has 0 fully saturated rings. The molecule has 2 atom stereocenters. The van der Waals surface area contributed by atoms with Gasteiger partial charge in [-0.15, -0.1) is 0 Å². The molecule has 0 aliphatic heterocycles. The molecule has 0 heterocycles. The van der Waals surface area contributed by atoms with E-state index in [4.69, 9.17) is 5.11 Å². The van der Waals surface area contributed by atoms with Gasteiger partial charge in [-0.05, 0) is 12.0 Å². The summed E-state index contributed by atoms with van der Waals surface area (Å²) in [5, 5.41) is 9.06. The molecular formula is C7H10O2. The molecule has 2 heteroatoms. The third kappa shape index (κ3) is 1.39. The fraction of sp³-hybridized carbons (Fsp3) is 0.571. The van der Waals surface area contributed by atoms with Gasteiger partial charge in [0.1, 0.15) is 0 Å². The van der Waals surface area contributed by atoms with E-state index in [0.29, 0.717) is 6.42 Å². The van der Waals surface area contributed by atoms with Gasteiger partial charge in [-0.1, -0.05) is 13.0 Å². The van der Waals surface area contributed by atoms with Gasteiger partial charge in [0.2, 0.25) is 0 Å². The van der Waals surface area contributed by atoms with E-state index >= 15 is 0 Å². The first-order valence-electron chi connectivity index (χ1n) is 3.09. The van der Waals surface area contributed by atoms with Crippen molar-refractivity contribution in [2.45, 2.75) is 19.4 Å². The third-order valence-electron chi connectivity index (χ3n) is 1.59. The average Bonchev–Trinajstić information content (AvgIpc) is 1.80. The smallest absolute Gasteiger partial charge is 0.155 e. The molecule has 0 saturated heterocycles. The molecule has 0 spiro atoms. The molecule has 0 aromatic rings. The monoisotopic (exact) mass is 126 g/mol. The number of allylic oxidation sites excluding steroid dienone is 1. The lowest BCUT2D eigenvalue weighted by atomic mass is 9.93. The number of aliphatic hydroxyl groups excluding tert-OH is 1. The molecule has 0 saturated carbocycles. The lowest BCUT2D eigenvalue weighted by molar-refractivity contribution is -0.116. The van der Waals surface area contributed by atoms with Crippen LogP contribution in [-0.4, -0.2) is 17.0 Å². The average molecular weight is 126 g/mol. The highest BCUT2D eigenvalue weighted by Gasteiger charge is 2.18. The van der Waals surface area contributed by atoms with Gasteiger partial charge < -0.3 is 5.11 Å². The van der Waals surface area contributed by atoms with Crippen LogP contribution in [0, 0.1) is 5.92 Å². The zero-order chi connectivity index (χ0) is 6.85. The lowest BCUT2D eigenvalue weighted by Gasteiger charge is -2.17. The first-order valence-corrected chi connectivity index (χ1v) is 3.09. The van der Waals surface area contributed by atoms with Crippen molar-refractivity contribution in [3.63, 3.8) is 0 Å². The topological polar surface area (TPSA) is 37.3 Å². The molecule has 0 aromatic heterocycles. The van der Waals surface area contributed by atoms with Gasteiger partial charge in [0.15, 0.2) is 5.78 Å². The summed E-state index contributed by atoms with van der Waals surface area (Å²) in [6.45, 7) is 1.87. The van der Waals surface area contributed by atoms with E-state index in [1.54, 1.807) is 6.08 Å². The molecule has 0 amide bonds. The molecule has 0 bridgehead atoms. The van der Waals surface area contributed by atoms with Crippen LogP contribution >= 0.6 is 0 Å². The van der Waals surface area contributed by atoms with Gasteiger partial charge in [-0.25, -0.2) is 0 Å². The summed E-state index contributed by atoms with van der Waals surface area (Å²) >= 11 is 0. The number of carbonyl (C=O) groups excluding carboxylic acids is 1. The van der Waals surface area contributed by atoms with Crippen molar-refractivity contribution in [3.8, 4) is 0 Å². The zero-order valence-electron chi connectivity index (χ0n) is 5.37. The maximum atomic E-state index is 10.6. The highest BCUT2D eigenvalue weighted by Crippen LogP contribution is 2.14. The highest BCUT2D eigenvalue weighted by atomic mass is 16.3. The molecule has 1 aliphatic carbocycles. The highest BCUT2D eigenvalue weighted by molar-refractivity contribution is 5.90. The number of rotatable bonds is 0. The number of hydrogen-bond donors (Lipinski definition) is 1.